The zero-order chi connectivity index (χ0) is 14.7. The van der Waals surface area contributed by atoms with Gasteiger partial charge in [-0.05, 0) is 37.1 Å². The normalized spacial score (nSPS) is 26.4. The van der Waals surface area contributed by atoms with Gasteiger partial charge in [0.1, 0.15) is 5.82 Å². The first-order valence-corrected chi connectivity index (χ1v) is 7.73. The minimum Gasteiger partial charge on any atom is -0.373 e. The topological polar surface area (TPSA) is 15.7 Å². The first-order valence-electron chi connectivity index (χ1n) is 7.73. The second-order valence-corrected chi connectivity index (χ2v) is 5.89. The van der Waals surface area contributed by atoms with E-state index >= 15 is 0 Å². The first-order chi connectivity index (χ1) is 10.3. The Hall–Kier alpha value is -1.39. The molecule has 2 atom stereocenters. The van der Waals surface area contributed by atoms with Gasteiger partial charge in [-0.1, -0.05) is 6.08 Å². The number of ether oxygens (including phenoxy) is 1. The van der Waals surface area contributed by atoms with Crippen LogP contribution in [0.4, 0.5) is 10.1 Å². The maximum atomic E-state index is 13.0. The predicted octanol–water partition coefficient (Wildman–Crippen LogP) is 2.68. The lowest BCUT2D eigenvalue weighted by Crippen LogP contribution is -2.36. The molecule has 4 heteroatoms. The van der Waals surface area contributed by atoms with Crippen molar-refractivity contribution in [2.75, 3.05) is 37.7 Å². The van der Waals surface area contributed by atoms with E-state index in [1.54, 1.807) is 0 Å². The molecule has 1 aromatic carbocycles. The second-order valence-electron chi connectivity index (χ2n) is 5.89. The van der Waals surface area contributed by atoms with Crippen LogP contribution in [0.1, 0.15) is 12.8 Å². The van der Waals surface area contributed by atoms with E-state index in [1.165, 1.54) is 18.6 Å². The Labute approximate surface area is 126 Å². The SMILES string of the molecule is C=CCOC1CCN(C2CCN(c3ccc(F)cc3)C2)C1. The van der Waals surface area contributed by atoms with Crippen LogP contribution in [-0.2, 0) is 4.74 Å². The van der Waals surface area contributed by atoms with Crippen molar-refractivity contribution in [1.82, 2.24) is 4.90 Å². The van der Waals surface area contributed by atoms with Gasteiger partial charge in [0.15, 0.2) is 0 Å². The highest BCUT2D eigenvalue weighted by molar-refractivity contribution is 5.47. The van der Waals surface area contributed by atoms with Crippen molar-refractivity contribution in [3.05, 3.63) is 42.7 Å². The van der Waals surface area contributed by atoms with Gasteiger partial charge in [0.05, 0.1) is 12.7 Å². The fraction of sp³-hybridized carbons (Fsp3) is 0.529. The van der Waals surface area contributed by atoms with Crippen molar-refractivity contribution >= 4 is 5.69 Å². The highest BCUT2D eigenvalue weighted by Crippen LogP contribution is 2.26. The van der Waals surface area contributed by atoms with Crippen LogP contribution in [0.15, 0.2) is 36.9 Å². The standard InChI is InChI=1S/C17H23FN2O/c1-2-11-21-17-8-10-20(13-17)16-7-9-19(12-16)15-5-3-14(18)4-6-15/h2-6,16-17H,1,7-13H2. The van der Waals surface area contributed by atoms with Crippen LogP contribution in [0.3, 0.4) is 0 Å². The van der Waals surface area contributed by atoms with Gasteiger partial charge in [-0.25, -0.2) is 4.39 Å². The number of hydrogen-bond acceptors (Lipinski definition) is 3. The summed E-state index contributed by atoms with van der Waals surface area (Å²) in [5.74, 6) is -0.170. The van der Waals surface area contributed by atoms with Gasteiger partial charge in [0.2, 0.25) is 0 Å². The molecule has 2 aliphatic rings. The van der Waals surface area contributed by atoms with Crippen LogP contribution in [0.25, 0.3) is 0 Å². The fourth-order valence-electron chi connectivity index (χ4n) is 3.35. The monoisotopic (exact) mass is 290 g/mol. The van der Waals surface area contributed by atoms with Crippen LogP contribution in [0.5, 0.6) is 0 Å². The van der Waals surface area contributed by atoms with E-state index < -0.39 is 0 Å². The molecule has 0 bridgehead atoms. The van der Waals surface area contributed by atoms with Gasteiger partial charge in [0.25, 0.3) is 0 Å². The quantitative estimate of drug-likeness (QED) is 0.776. The summed E-state index contributed by atoms with van der Waals surface area (Å²) in [4.78, 5) is 4.89. The number of nitrogens with zero attached hydrogens (tertiary/aromatic N) is 2. The summed E-state index contributed by atoms with van der Waals surface area (Å²) in [6, 6.07) is 7.41. The van der Waals surface area contributed by atoms with Crippen molar-refractivity contribution in [3.63, 3.8) is 0 Å². The molecule has 0 spiro atoms. The highest BCUT2D eigenvalue weighted by atomic mass is 19.1. The van der Waals surface area contributed by atoms with E-state index in [-0.39, 0.29) is 5.82 Å². The molecule has 21 heavy (non-hydrogen) atoms. The van der Waals surface area contributed by atoms with E-state index in [1.807, 2.05) is 18.2 Å². The number of hydrogen-bond donors (Lipinski definition) is 0. The lowest BCUT2D eigenvalue weighted by molar-refractivity contribution is 0.0763. The van der Waals surface area contributed by atoms with E-state index in [0.29, 0.717) is 18.8 Å². The molecule has 2 aliphatic heterocycles. The van der Waals surface area contributed by atoms with Crippen molar-refractivity contribution < 1.29 is 9.13 Å². The molecule has 2 heterocycles. The third-order valence-electron chi connectivity index (χ3n) is 4.50. The Morgan fingerprint density at radius 2 is 2.00 bits per heavy atom. The summed E-state index contributed by atoms with van der Waals surface area (Å²) in [5.41, 5.74) is 1.12. The molecule has 2 saturated heterocycles. The smallest absolute Gasteiger partial charge is 0.123 e. The minimum atomic E-state index is -0.170. The average molecular weight is 290 g/mol. The molecule has 0 radical (unpaired) electrons. The molecule has 0 saturated carbocycles. The van der Waals surface area contributed by atoms with Crippen molar-refractivity contribution in [2.45, 2.75) is 25.0 Å². The molecule has 2 unspecified atom stereocenters. The van der Waals surface area contributed by atoms with E-state index in [4.69, 9.17) is 4.74 Å². The molecular formula is C17H23FN2O. The minimum absolute atomic E-state index is 0.170. The van der Waals surface area contributed by atoms with Crippen molar-refractivity contribution in [2.24, 2.45) is 0 Å². The summed E-state index contributed by atoms with van der Waals surface area (Å²) in [7, 11) is 0. The third-order valence-corrected chi connectivity index (χ3v) is 4.50. The van der Waals surface area contributed by atoms with Crippen molar-refractivity contribution in [3.8, 4) is 0 Å². The zero-order valence-electron chi connectivity index (χ0n) is 12.4. The molecule has 0 amide bonds. The van der Waals surface area contributed by atoms with Crippen LogP contribution < -0.4 is 4.90 Å². The van der Waals surface area contributed by atoms with Gasteiger partial charge in [-0.15, -0.1) is 6.58 Å². The first kappa shape index (κ1) is 14.5. The van der Waals surface area contributed by atoms with Crippen LogP contribution >= 0.6 is 0 Å². The number of likely N-dealkylation sites (tertiary alicyclic amines) is 1. The Kier molecular flexibility index (Phi) is 4.56. The summed E-state index contributed by atoms with van der Waals surface area (Å²) in [5, 5.41) is 0. The molecule has 0 N–H and O–H groups in total. The molecular weight excluding hydrogens is 267 g/mol. The molecule has 3 rings (SSSR count). The Morgan fingerprint density at radius 3 is 2.76 bits per heavy atom. The third kappa shape index (κ3) is 3.44. The second kappa shape index (κ2) is 6.58. The molecule has 0 aromatic heterocycles. The molecule has 114 valence electrons. The van der Waals surface area contributed by atoms with Gasteiger partial charge in [0, 0.05) is 37.9 Å². The summed E-state index contributed by atoms with van der Waals surface area (Å²) < 4.78 is 18.7. The number of anilines is 1. The van der Waals surface area contributed by atoms with Crippen LogP contribution in [-0.4, -0.2) is 49.8 Å². The highest BCUT2D eigenvalue weighted by Gasteiger charge is 2.33. The maximum Gasteiger partial charge on any atom is 0.123 e. The van der Waals surface area contributed by atoms with E-state index in [2.05, 4.69) is 16.4 Å². The molecule has 2 fully saturated rings. The zero-order valence-corrected chi connectivity index (χ0v) is 12.4. The lowest BCUT2D eigenvalue weighted by Gasteiger charge is -2.25. The van der Waals surface area contributed by atoms with E-state index in [9.17, 15) is 4.39 Å². The summed E-state index contributed by atoms with van der Waals surface area (Å²) in [6.07, 6.45) is 4.45. The van der Waals surface area contributed by atoms with Gasteiger partial charge in [-0.2, -0.15) is 0 Å². The summed E-state index contributed by atoms with van der Waals surface area (Å²) >= 11 is 0. The largest absolute Gasteiger partial charge is 0.373 e. The maximum absolute atomic E-state index is 13.0. The van der Waals surface area contributed by atoms with E-state index in [0.717, 1.165) is 38.3 Å². The van der Waals surface area contributed by atoms with Crippen LogP contribution in [0.2, 0.25) is 0 Å². The Balaban J connectivity index is 1.53. The molecule has 3 nitrogen and oxygen atoms in total. The summed E-state index contributed by atoms with van der Waals surface area (Å²) in [6.45, 7) is 8.55. The average Bonchev–Trinajstić information content (AvgIpc) is 3.15. The Bertz CT molecular complexity index is 476. The van der Waals surface area contributed by atoms with Gasteiger partial charge >= 0.3 is 0 Å². The predicted molar refractivity (Wildman–Crippen MR) is 83.1 cm³/mol. The number of benzene rings is 1. The van der Waals surface area contributed by atoms with Crippen molar-refractivity contribution in [1.29, 1.82) is 0 Å². The molecule has 1 aromatic rings. The number of rotatable bonds is 5. The molecule has 0 aliphatic carbocycles. The number of halogens is 1. The Morgan fingerprint density at radius 1 is 1.19 bits per heavy atom. The van der Waals surface area contributed by atoms with Gasteiger partial charge in [-0.3, -0.25) is 4.90 Å². The lowest BCUT2D eigenvalue weighted by atomic mass is 10.2. The fourth-order valence-corrected chi connectivity index (χ4v) is 3.35. The van der Waals surface area contributed by atoms with Crippen LogP contribution in [0, 0.1) is 5.82 Å². The van der Waals surface area contributed by atoms with Gasteiger partial charge < -0.3 is 9.64 Å².